The van der Waals surface area contributed by atoms with Gasteiger partial charge in [-0.05, 0) is 17.6 Å². The minimum atomic E-state index is -4.89. The van der Waals surface area contributed by atoms with E-state index in [1.165, 1.54) is 0 Å². The van der Waals surface area contributed by atoms with E-state index in [-0.39, 0.29) is 0 Å². The Balaban J connectivity index is 3.55. The summed E-state index contributed by atoms with van der Waals surface area (Å²) in [5.41, 5.74) is -1.84. The fraction of sp³-hybridized carbons (Fsp3) is 0.250. The molecule has 0 radical (unpaired) electrons. The third kappa shape index (κ3) is 3.21. The molecule has 0 aliphatic carbocycles. The van der Waals surface area contributed by atoms with Gasteiger partial charge in [-0.1, -0.05) is 6.07 Å². The molecule has 2 N–H and O–H groups in total. The predicted octanol–water partition coefficient (Wildman–Crippen LogP) is -0.211. The summed E-state index contributed by atoms with van der Waals surface area (Å²) < 4.78 is 60.1. The molecular formula is C8H8BF3O4S. The summed E-state index contributed by atoms with van der Waals surface area (Å²) in [6.07, 6.45) is -4.24. The normalized spacial score (nSPS) is 12.6. The molecule has 0 fully saturated rings. The molecule has 0 atom stereocenters. The SMILES string of the molecule is CS(=O)(=O)c1ccc(B(O)O)cc1C(F)(F)F. The molecule has 0 saturated carbocycles. The number of alkyl halides is 3. The van der Waals surface area contributed by atoms with Crippen molar-refractivity contribution < 1.29 is 31.6 Å². The Morgan fingerprint density at radius 3 is 2.12 bits per heavy atom. The minimum absolute atomic E-state index is 0.404. The van der Waals surface area contributed by atoms with Crippen LogP contribution in [0.4, 0.5) is 13.2 Å². The Bertz CT molecular complexity index is 524. The van der Waals surface area contributed by atoms with Gasteiger partial charge in [-0.15, -0.1) is 0 Å². The standard InChI is InChI=1S/C8H8BF3O4S/c1-17(15,16)7-3-2-5(9(13)14)4-6(7)8(10,11)12/h2-4,13-14H,1H3. The number of hydrogen-bond donors (Lipinski definition) is 2. The summed E-state index contributed by atoms with van der Waals surface area (Å²) in [4.78, 5) is -0.894. The Morgan fingerprint density at radius 2 is 1.76 bits per heavy atom. The van der Waals surface area contributed by atoms with E-state index in [9.17, 15) is 21.6 Å². The average molecular weight is 268 g/mol. The fourth-order valence-corrected chi connectivity index (χ4v) is 2.14. The van der Waals surface area contributed by atoms with Crippen LogP contribution in [0, 0.1) is 0 Å². The van der Waals surface area contributed by atoms with Crippen molar-refractivity contribution in [2.45, 2.75) is 11.1 Å². The molecule has 17 heavy (non-hydrogen) atoms. The molecule has 0 saturated heterocycles. The summed E-state index contributed by atoms with van der Waals surface area (Å²) in [7, 11) is -6.14. The van der Waals surface area contributed by atoms with Crippen molar-refractivity contribution >= 4 is 22.4 Å². The topological polar surface area (TPSA) is 74.6 Å². The molecule has 0 bridgehead atoms. The minimum Gasteiger partial charge on any atom is -0.423 e. The van der Waals surface area contributed by atoms with Crippen molar-refractivity contribution in [3.63, 3.8) is 0 Å². The molecule has 94 valence electrons. The summed E-state index contributed by atoms with van der Waals surface area (Å²) in [6, 6.07) is 2.02. The van der Waals surface area contributed by atoms with Crippen LogP contribution in [0.5, 0.6) is 0 Å². The highest BCUT2D eigenvalue weighted by Gasteiger charge is 2.37. The molecule has 0 aromatic heterocycles. The second-order valence-electron chi connectivity index (χ2n) is 3.40. The number of halogens is 3. The van der Waals surface area contributed by atoms with Crippen LogP contribution in [0.15, 0.2) is 23.1 Å². The summed E-state index contributed by atoms with van der Waals surface area (Å²) in [6.45, 7) is 0. The number of benzene rings is 1. The smallest absolute Gasteiger partial charge is 0.423 e. The van der Waals surface area contributed by atoms with Crippen LogP contribution >= 0.6 is 0 Å². The maximum Gasteiger partial charge on any atom is 0.488 e. The maximum absolute atomic E-state index is 12.6. The molecule has 0 aliphatic heterocycles. The van der Waals surface area contributed by atoms with Gasteiger partial charge in [0.15, 0.2) is 9.84 Å². The van der Waals surface area contributed by atoms with Gasteiger partial charge in [-0.25, -0.2) is 8.42 Å². The van der Waals surface area contributed by atoms with Gasteiger partial charge in [0.1, 0.15) is 0 Å². The first-order valence-corrected chi connectivity index (χ1v) is 6.20. The number of rotatable bonds is 2. The molecule has 0 amide bonds. The Labute approximate surface area is 95.8 Å². The summed E-state index contributed by atoms with van der Waals surface area (Å²) in [5.74, 6) is 0. The summed E-state index contributed by atoms with van der Waals surface area (Å²) >= 11 is 0. The van der Waals surface area contributed by atoms with Crippen LogP contribution in [0.1, 0.15) is 5.56 Å². The molecule has 1 aromatic carbocycles. The second-order valence-corrected chi connectivity index (χ2v) is 5.38. The fourth-order valence-electron chi connectivity index (χ4n) is 1.25. The van der Waals surface area contributed by atoms with Crippen molar-refractivity contribution in [2.24, 2.45) is 0 Å². The van der Waals surface area contributed by atoms with Crippen molar-refractivity contribution in [1.82, 2.24) is 0 Å². The van der Waals surface area contributed by atoms with Gasteiger partial charge in [0.2, 0.25) is 0 Å². The first-order valence-electron chi connectivity index (χ1n) is 4.31. The van der Waals surface area contributed by atoms with Crippen LogP contribution in [0.3, 0.4) is 0 Å². The Hall–Kier alpha value is -1.06. The Kier molecular flexibility index (Phi) is 3.56. The van der Waals surface area contributed by atoms with Crippen molar-refractivity contribution in [2.75, 3.05) is 6.26 Å². The monoisotopic (exact) mass is 268 g/mol. The third-order valence-electron chi connectivity index (χ3n) is 2.01. The zero-order valence-corrected chi connectivity index (χ0v) is 9.38. The third-order valence-corrected chi connectivity index (χ3v) is 3.16. The second kappa shape index (κ2) is 4.32. The largest absolute Gasteiger partial charge is 0.488 e. The van der Waals surface area contributed by atoms with E-state index in [0.717, 1.165) is 6.07 Å². The van der Waals surface area contributed by atoms with Gasteiger partial charge in [0.25, 0.3) is 0 Å². The van der Waals surface area contributed by atoms with Gasteiger partial charge in [0, 0.05) is 6.26 Å². The molecule has 1 rings (SSSR count). The van der Waals surface area contributed by atoms with Gasteiger partial charge < -0.3 is 10.0 Å². The van der Waals surface area contributed by atoms with Gasteiger partial charge >= 0.3 is 13.3 Å². The lowest BCUT2D eigenvalue weighted by molar-refractivity contribution is -0.139. The van der Waals surface area contributed by atoms with E-state index < -0.39 is 39.1 Å². The number of hydrogen-bond acceptors (Lipinski definition) is 4. The molecular weight excluding hydrogens is 260 g/mol. The first kappa shape index (κ1) is 14.0. The average Bonchev–Trinajstić information content (AvgIpc) is 2.14. The lowest BCUT2D eigenvalue weighted by atomic mass is 9.79. The van der Waals surface area contributed by atoms with Crippen LogP contribution < -0.4 is 5.46 Å². The van der Waals surface area contributed by atoms with Crippen LogP contribution in [0.2, 0.25) is 0 Å². The molecule has 1 aromatic rings. The lowest BCUT2D eigenvalue weighted by Gasteiger charge is -2.13. The maximum atomic E-state index is 12.6. The van der Waals surface area contributed by atoms with Crippen molar-refractivity contribution in [1.29, 1.82) is 0 Å². The van der Waals surface area contributed by atoms with Crippen LogP contribution in [0.25, 0.3) is 0 Å². The van der Waals surface area contributed by atoms with Crippen LogP contribution in [-0.2, 0) is 16.0 Å². The van der Waals surface area contributed by atoms with Crippen LogP contribution in [-0.4, -0.2) is 31.8 Å². The lowest BCUT2D eigenvalue weighted by Crippen LogP contribution is -2.31. The zero-order valence-electron chi connectivity index (χ0n) is 8.56. The molecule has 4 nitrogen and oxygen atoms in total. The molecule has 0 spiro atoms. The highest BCUT2D eigenvalue weighted by atomic mass is 32.2. The zero-order chi connectivity index (χ0) is 13.4. The van der Waals surface area contributed by atoms with Crippen molar-refractivity contribution in [3.05, 3.63) is 23.8 Å². The van der Waals surface area contributed by atoms with E-state index in [1.807, 2.05) is 0 Å². The molecule has 0 heterocycles. The van der Waals surface area contributed by atoms with Crippen molar-refractivity contribution in [3.8, 4) is 0 Å². The molecule has 0 unspecified atom stereocenters. The number of sulfone groups is 1. The predicted molar refractivity (Wildman–Crippen MR) is 54.4 cm³/mol. The quantitative estimate of drug-likeness (QED) is 0.728. The van der Waals surface area contributed by atoms with Gasteiger partial charge in [-0.2, -0.15) is 13.2 Å². The van der Waals surface area contributed by atoms with E-state index in [0.29, 0.717) is 18.4 Å². The van der Waals surface area contributed by atoms with E-state index in [4.69, 9.17) is 10.0 Å². The molecule has 9 heteroatoms. The summed E-state index contributed by atoms with van der Waals surface area (Å²) in [5, 5.41) is 17.5. The molecule has 0 aliphatic rings. The first-order chi connectivity index (χ1) is 7.53. The van der Waals surface area contributed by atoms with Gasteiger partial charge in [0.05, 0.1) is 10.5 Å². The highest BCUT2D eigenvalue weighted by molar-refractivity contribution is 7.90. The van der Waals surface area contributed by atoms with E-state index in [1.54, 1.807) is 0 Å². The Morgan fingerprint density at radius 1 is 1.24 bits per heavy atom. The van der Waals surface area contributed by atoms with E-state index >= 15 is 0 Å². The highest BCUT2D eigenvalue weighted by Crippen LogP contribution is 2.33. The van der Waals surface area contributed by atoms with E-state index in [2.05, 4.69) is 0 Å². The van der Waals surface area contributed by atoms with Gasteiger partial charge in [-0.3, -0.25) is 0 Å².